The maximum absolute atomic E-state index is 13.0. The summed E-state index contributed by atoms with van der Waals surface area (Å²) < 4.78 is 62.7. The average molecular weight is 268 g/mol. The van der Waals surface area contributed by atoms with Crippen molar-refractivity contribution in [3.63, 3.8) is 0 Å². The van der Waals surface area contributed by atoms with Gasteiger partial charge in [0.15, 0.2) is 5.78 Å². The molecular formula is C10H5F5O3. The summed E-state index contributed by atoms with van der Waals surface area (Å²) in [5, 5.41) is 8.28. The number of halogens is 5. The van der Waals surface area contributed by atoms with Crippen LogP contribution in [0.1, 0.15) is 22.3 Å². The fourth-order valence-corrected chi connectivity index (χ4v) is 1.24. The molecule has 0 aliphatic carbocycles. The lowest BCUT2D eigenvalue weighted by Crippen LogP contribution is -2.14. The van der Waals surface area contributed by atoms with Gasteiger partial charge in [-0.1, -0.05) is 0 Å². The van der Waals surface area contributed by atoms with E-state index in [-0.39, 0.29) is 12.1 Å². The summed E-state index contributed by atoms with van der Waals surface area (Å²) in [4.78, 5) is 21.3. The summed E-state index contributed by atoms with van der Waals surface area (Å²) in [6, 6.07) is 0.328. The molecule has 0 aliphatic rings. The van der Waals surface area contributed by atoms with Gasteiger partial charge in [-0.15, -0.1) is 0 Å². The van der Waals surface area contributed by atoms with Crippen LogP contribution in [-0.2, 0) is 11.0 Å². The van der Waals surface area contributed by atoms with Crippen LogP contribution in [0.3, 0.4) is 0 Å². The number of carbonyl (C=O) groups is 2. The van der Waals surface area contributed by atoms with E-state index in [9.17, 15) is 31.5 Å². The number of carbonyl (C=O) groups excluding carboxylic acids is 1. The third-order valence-electron chi connectivity index (χ3n) is 1.96. The van der Waals surface area contributed by atoms with E-state index < -0.39 is 47.1 Å². The topological polar surface area (TPSA) is 54.4 Å². The van der Waals surface area contributed by atoms with E-state index in [1.807, 2.05) is 0 Å². The van der Waals surface area contributed by atoms with Crippen LogP contribution in [0, 0.1) is 11.6 Å². The van der Waals surface area contributed by atoms with Gasteiger partial charge in [-0.05, 0) is 12.1 Å². The minimum absolute atomic E-state index is 0.164. The SMILES string of the molecule is O=C(O)CC(=O)c1cc(F)c(C(F)(F)F)c(F)c1. The highest BCUT2D eigenvalue weighted by Gasteiger charge is 2.38. The molecule has 0 bridgehead atoms. The monoisotopic (exact) mass is 268 g/mol. The van der Waals surface area contributed by atoms with Gasteiger partial charge in [0, 0.05) is 5.56 Å². The zero-order valence-electron chi connectivity index (χ0n) is 8.52. The van der Waals surface area contributed by atoms with Crippen LogP contribution in [0.5, 0.6) is 0 Å². The molecule has 1 N–H and O–H groups in total. The number of Topliss-reactive ketones (excluding diaryl/α,β-unsaturated/α-hetero) is 1. The van der Waals surface area contributed by atoms with Crippen LogP contribution in [0.4, 0.5) is 22.0 Å². The predicted molar refractivity (Wildman–Crippen MR) is 47.9 cm³/mol. The molecule has 0 saturated carbocycles. The Hall–Kier alpha value is -1.99. The number of hydrogen-bond acceptors (Lipinski definition) is 2. The van der Waals surface area contributed by atoms with E-state index in [0.717, 1.165) is 0 Å². The van der Waals surface area contributed by atoms with Gasteiger partial charge in [0.2, 0.25) is 0 Å². The van der Waals surface area contributed by atoms with Crippen molar-refractivity contribution < 1.29 is 36.6 Å². The lowest BCUT2D eigenvalue weighted by atomic mass is 10.0. The zero-order valence-corrected chi connectivity index (χ0v) is 8.52. The van der Waals surface area contributed by atoms with Gasteiger partial charge in [0.1, 0.15) is 23.6 Å². The summed E-state index contributed by atoms with van der Waals surface area (Å²) in [5.74, 6) is -6.66. The third kappa shape index (κ3) is 3.02. The highest BCUT2D eigenvalue weighted by molar-refractivity contribution is 6.05. The molecule has 0 aromatic heterocycles. The number of alkyl halides is 3. The molecule has 1 rings (SSSR count). The van der Waals surface area contributed by atoms with Crippen molar-refractivity contribution >= 4 is 11.8 Å². The van der Waals surface area contributed by atoms with Crippen molar-refractivity contribution in [2.75, 3.05) is 0 Å². The first kappa shape index (κ1) is 14.1. The van der Waals surface area contributed by atoms with Gasteiger partial charge in [-0.2, -0.15) is 13.2 Å². The molecule has 0 unspecified atom stereocenters. The van der Waals surface area contributed by atoms with E-state index in [1.165, 1.54) is 0 Å². The van der Waals surface area contributed by atoms with Crippen LogP contribution < -0.4 is 0 Å². The van der Waals surface area contributed by atoms with Crippen LogP contribution >= 0.6 is 0 Å². The number of rotatable bonds is 3. The molecule has 0 aliphatic heterocycles. The maximum Gasteiger partial charge on any atom is 0.422 e. The van der Waals surface area contributed by atoms with Gasteiger partial charge < -0.3 is 5.11 Å². The molecule has 8 heteroatoms. The fourth-order valence-electron chi connectivity index (χ4n) is 1.24. The Balaban J connectivity index is 3.23. The Morgan fingerprint density at radius 2 is 1.56 bits per heavy atom. The standard InChI is InChI=1S/C10H5F5O3/c11-5-1-4(7(16)3-8(17)18)2-6(12)9(5)10(13,14)15/h1-2H,3H2,(H,17,18). The predicted octanol–water partition coefficient (Wildman–Crippen LogP) is 2.64. The summed E-state index contributed by atoms with van der Waals surface area (Å²) in [5.41, 5.74) is -2.88. The van der Waals surface area contributed by atoms with Crippen molar-refractivity contribution in [3.05, 3.63) is 34.9 Å². The summed E-state index contributed by atoms with van der Waals surface area (Å²) >= 11 is 0. The first-order valence-electron chi connectivity index (χ1n) is 4.44. The van der Waals surface area contributed by atoms with Crippen molar-refractivity contribution in [2.45, 2.75) is 12.6 Å². The van der Waals surface area contributed by atoms with Crippen molar-refractivity contribution in [3.8, 4) is 0 Å². The molecule has 0 fully saturated rings. The van der Waals surface area contributed by atoms with Gasteiger partial charge in [0.25, 0.3) is 0 Å². The van der Waals surface area contributed by atoms with E-state index in [2.05, 4.69) is 0 Å². The van der Waals surface area contributed by atoms with Crippen molar-refractivity contribution in [1.82, 2.24) is 0 Å². The Kier molecular flexibility index (Phi) is 3.68. The number of aliphatic carboxylic acids is 1. The highest BCUT2D eigenvalue weighted by Crippen LogP contribution is 2.34. The van der Waals surface area contributed by atoms with Crippen LogP contribution in [-0.4, -0.2) is 16.9 Å². The lowest BCUT2D eigenvalue weighted by molar-refractivity contribution is -0.142. The second kappa shape index (κ2) is 4.71. The molecule has 18 heavy (non-hydrogen) atoms. The minimum atomic E-state index is -5.23. The average Bonchev–Trinajstić information content (AvgIpc) is 2.12. The first-order chi connectivity index (χ1) is 8.12. The molecule has 3 nitrogen and oxygen atoms in total. The summed E-state index contributed by atoms with van der Waals surface area (Å²) in [6.07, 6.45) is -6.30. The summed E-state index contributed by atoms with van der Waals surface area (Å²) in [6.45, 7) is 0. The number of hydrogen-bond donors (Lipinski definition) is 1. The van der Waals surface area contributed by atoms with Crippen LogP contribution in [0.2, 0.25) is 0 Å². The van der Waals surface area contributed by atoms with Crippen molar-refractivity contribution in [2.24, 2.45) is 0 Å². The highest BCUT2D eigenvalue weighted by atomic mass is 19.4. The fraction of sp³-hybridized carbons (Fsp3) is 0.200. The molecular weight excluding hydrogens is 263 g/mol. The minimum Gasteiger partial charge on any atom is -0.481 e. The number of carboxylic acids is 1. The lowest BCUT2D eigenvalue weighted by Gasteiger charge is -2.10. The molecule has 0 amide bonds. The normalized spacial score (nSPS) is 11.4. The first-order valence-corrected chi connectivity index (χ1v) is 4.44. The molecule has 1 aromatic carbocycles. The smallest absolute Gasteiger partial charge is 0.422 e. The molecule has 1 aromatic rings. The zero-order chi connectivity index (χ0) is 14.1. The molecule has 0 spiro atoms. The second-order valence-electron chi connectivity index (χ2n) is 3.31. The van der Waals surface area contributed by atoms with Crippen LogP contribution in [0.25, 0.3) is 0 Å². The third-order valence-corrected chi connectivity index (χ3v) is 1.96. The largest absolute Gasteiger partial charge is 0.481 e. The molecule has 0 radical (unpaired) electrons. The van der Waals surface area contributed by atoms with E-state index >= 15 is 0 Å². The van der Waals surface area contributed by atoms with Crippen molar-refractivity contribution in [1.29, 1.82) is 0 Å². The van der Waals surface area contributed by atoms with E-state index in [4.69, 9.17) is 5.11 Å². The molecule has 0 atom stereocenters. The number of ketones is 1. The number of carboxylic acid groups (broad SMARTS) is 1. The molecule has 0 saturated heterocycles. The van der Waals surface area contributed by atoms with E-state index in [1.54, 1.807) is 0 Å². The molecule has 0 heterocycles. The molecule has 98 valence electrons. The van der Waals surface area contributed by atoms with Gasteiger partial charge in [-0.25, -0.2) is 8.78 Å². The quantitative estimate of drug-likeness (QED) is 0.521. The van der Waals surface area contributed by atoms with Crippen LogP contribution in [0.15, 0.2) is 12.1 Å². The number of benzene rings is 1. The van der Waals surface area contributed by atoms with Gasteiger partial charge in [0.05, 0.1) is 0 Å². The Morgan fingerprint density at radius 1 is 1.11 bits per heavy atom. The second-order valence-corrected chi connectivity index (χ2v) is 3.31. The Bertz CT molecular complexity index is 484. The Morgan fingerprint density at radius 3 is 1.89 bits per heavy atom. The summed E-state index contributed by atoms with van der Waals surface area (Å²) in [7, 11) is 0. The van der Waals surface area contributed by atoms with E-state index in [0.29, 0.717) is 0 Å². The maximum atomic E-state index is 13.0. The Labute approximate surface area is 96.8 Å². The van der Waals surface area contributed by atoms with Gasteiger partial charge >= 0.3 is 12.1 Å². The van der Waals surface area contributed by atoms with Gasteiger partial charge in [-0.3, -0.25) is 9.59 Å².